The molecular formula is C27H37ClN4O4S. The lowest BCUT2D eigenvalue weighted by Gasteiger charge is -2.40. The molecule has 5 rings (SSSR count). The Morgan fingerprint density at radius 1 is 1.03 bits per heavy atom. The van der Waals surface area contributed by atoms with Crippen molar-refractivity contribution in [3.8, 4) is 11.4 Å². The number of rotatable bonds is 6. The van der Waals surface area contributed by atoms with E-state index in [0.717, 1.165) is 25.2 Å². The molecule has 1 aliphatic heterocycles. The van der Waals surface area contributed by atoms with Gasteiger partial charge >= 0.3 is 5.56 Å². The summed E-state index contributed by atoms with van der Waals surface area (Å²) < 4.78 is 34.8. The van der Waals surface area contributed by atoms with Crippen molar-refractivity contribution in [2.24, 2.45) is 11.8 Å². The highest BCUT2D eigenvalue weighted by Gasteiger charge is 2.35. The van der Waals surface area contributed by atoms with Gasteiger partial charge in [0.25, 0.3) is 0 Å². The van der Waals surface area contributed by atoms with Gasteiger partial charge in [-0.25, -0.2) is 8.42 Å². The standard InChI is InChI=1S/C27H37ClN4O4S/c1-19(2)37(34,35)31-14-12-30(13-15-31)25-18-29-32(23-9-5-8-22(28)17-23)27(33)26(25)36-24-11-10-20-6-3-4-7-21(20)16-24/h5,8-9,17-21,24H,3-4,6-7,10-16H2,1-2H3. The normalized spacial score (nSPS) is 25.2. The highest BCUT2D eigenvalue weighted by atomic mass is 35.5. The summed E-state index contributed by atoms with van der Waals surface area (Å²) in [5.41, 5.74) is 0.899. The smallest absolute Gasteiger partial charge is 0.316 e. The maximum Gasteiger partial charge on any atom is 0.316 e. The van der Waals surface area contributed by atoms with Crippen LogP contribution >= 0.6 is 11.6 Å². The molecular weight excluding hydrogens is 512 g/mol. The van der Waals surface area contributed by atoms with Crippen LogP contribution < -0.4 is 15.2 Å². The minimum atomic E-state index is -3.32. The minimum absolute atomic E-state index is 0.0105. The summed E-state index contributed by atoms with van der Waals surface area (Å²) in [5.74, 6) is 1.75. The zero-order valence-corrected chi connectivity index (χ0v) is 23.3. The van der Waals surface area contributed by atoms with Crippen molar-refractivity contribution in [3.05, 3.63) is 45.8 Å². The van der Waals surface area contributed by atoms with Gasteiger partial charge in [0.1, 0.15) is 5.69 Å². The fourth-order valence-corrected chi connectivity index (χ4v) is 7.60. The van der Waals surface area contributed by atoms with Crippen LogP contribution in [0.15, 0.2) is 35.3 Å². The van der Waals surface area contributed by atoms with E-state index in [1.165, 1.54) is 30.4 Å². The molecule has 1 saturated heterocycles. The number of halogens is 1. The van der Waals surface area contributed by atoms with Gasteiger partial charge in [0, 0.05) is 31.2 Å². The fourth-order valence-electron chi connectivity index (χ4n) is 6.14. The summed E-state index contributed by atoms with van der Waals surface area (Å²) in [6.07, 6.45) is 9.88. The molecule has 0 N–H and O–H groups in total. The summed E-state index contributed by atoms with van der Waals surface area (Å²) in [7, 11) is -3.32. The molecule has 0 bridgehead atoms. The van der Waals surface area contributed by atoms with E-state index in [-0.39, 0.29) is 11.7 Å². The summed E-state index contributed by atoms with van der Waals surface area (Å²) in [4.78, 5) is 15.8. The van der Waals surface area contributed by atoms with Crippen LogP contribution in [0.4, 0.5) is 5.69 Å². The molecule has 1 aromatic carbocycles. The van der Waals surface area contributed by atoms with Crippen LogP contribution in [-0.4, -0.2) is 60.0 Å². The average molecular weight is 549 g/mol. The van der Waals surface area contributed by atoms with Crippen molar-refractivity contribution < 1.29 is 13.2 Å². The van der Waals surface area contributed by atoms with E-state index in [0.29, 0.717) is 54.2 Å². The van der Waals surface area contributed by atoms with Crippen molar-refractivity contribution in [1.82, 2.24) is 14.1 Å². The van der Waals surface area contributed by atoms with Crippen LogP contribution in [-0.2, 0) is 10.0 Å². The van der Waals surface area contributed by atoms with Gasteiger partial charge in [-0.3, -0.25) is 4.79 Å². The topological polar surface area (TPSA) is 84.7 Å². The van der Waals surface area contributed by atoms with E-state index in [9.17, 15) is 13.2 Å². The van der Waals surface area contributed by atoms with E-state index in [1.807, 2.05) is 4.90 Å². The number of piperazine rings is 1. The first-order valence-electron chi connectivity index (χ1n) is 13.5. The van der Waals surface area contributed by atoms with Gasteiger partial charge in [0.2, 0.25) is 15.8 Å². The van der Waals surface area contributed by atoms with Crippen molar-refractivity contribution >= 4 is 27.3 Å². The molecule has 3 unspecified atom stereocenters. The lowest BCUT2D eigenvalue weighted by atomic mass is 9.70. The second-order valence-electron chi connectivity index (χ2n) is 10.9. The van der Waals surface area contributed by atoms with E-state index >= 15 is 0 Å². The Bertz CT molecular complexity index is 1270. The number of nitrogens with zero attached hydrogens (tertiary/aromatic N) is 4. The molecule has 2 saturated carbocycles. The van der Waals surface area contributed by atoms with Gasteiger partial charge in [-0.05, 0) is 63.1 Å². The molecule has 10 heteroatoms. The summed E-state index contributed by atoms with van der Waals surface area (Å²) in [6, 6.07) is 7.06. The molecule has 0 radical (unpaired) electrons. The number of aromatic nitrogens is 2. The molecule has 0 amide bonds. The molecule has 3 aliphatic rings. The van der Waals surface area contributed by atoms with Crippen LogP contribution in [0.3, 0.4) is 0 Å². The fraction of sp³-hybridized carbons (Fsp3) is 0.630. The Kier molecular flexibility index (Phi) is 7.84. The summed E-state index contributed by atoms with van der Waals surface area (Å²) in [5, 5.41) is 4.53. The van der Waals surface area contributed by atoms with E-state index in [2.05, 4.69) is 5.10 Å². The zero-order valence-electron chi connectivity index (χ0n) is 21.7. The van der Waals surface area contributed by atoms with Gasteiger partial charge in [-0.2, -0.15) is 14.1 Å². The number of sulfonamides is 1. The van der Waals surface area contributed by atoms with Crippen molar-refractivity contribution in [3.63, 3.8) is 0 Å². The lowest BCUT2D eigenvalue weighted by Crippen LogP contribution is -2.51. The SMILES string of the molecule is CC(C)S(=O)(=O)N1CCN(c2cnn(-c3cccc(Cl)c3)c(=O)c2OC2CCC3CCCCC3C2)CC1. The number of hydrogen-bond donors (Lipinski definition) is 0. The van der Waals surface area contributed by atoms with Crippen LogP contribution in [0, 0.1) is 11.8 Å². The zero-order chi connectivity index (χ0) is 26.2. The highest BCUT2D eigenvalue weighted by molar-refractivity contribution is 7.89. The molecule has 0 spiro atoms. The van der Waals surface area contributed by atoms with Crippen molar-refractivity contribution in [2.45, 2.75) is 70.1 Å². The number of fused-ring (bicyclic) bond motifs is 1. The number of benzene rings is 1. The predicted octanol–water partition coefficient (Wildman–Crippen LogP) is 4.48. The molecule has 2 heterocycles. The Morgan fingerprint density at radius 2 is 1.76 bits per heavy atom. The van der Waals surface area contributed by atoms with E-state index in [1.54, 1.807) is 48.6 Å². The monoisotopic (exact) mass is 548 g/mol. The largest absolute Gasteiger partial charge is 0.483 e. The molecule has 3 atom stereocenters. The lowest BCUT2D eigenvalue weighted by molar-refractivity contribution is 0.0637. The minimum Gasteiger partial charge on any atom is -0.483 e. The first-order chi connectivity index (χ1) is 17.7. The molecule has 37 heavy (non-hydrogen) atoms. The van der Waals surface area contributed by atoms with Gasteiger partial charge in [0.05, 0.1) is 23.2 Å². The Hall–Kier alpha value is -2.10. The third-order valence-corrected chi connectivity index (χ3v) is 10.8. The van der Waals surface area contributed by atoms with E-state index in [4.69, 9.17) is 16.3 Å². The van der Waals surface area contributed by atoms with Gasteiger partial charge in [-0.15, -0.1) is 0 Å². The number of ether oxygens (including phenoxy) is 1. The first kappa shape index (κ1) is 26.5. The molecule has 2 aliphatic carbocycles. The molecule has 3 fully saturated rings. The van der Waals surface area contributed by atoms with E-state index < -0.39 is 15.3 Å². The molecule has 2 aromatic rings. The molecule has 8 nitrogen and oxygen atoms in total. The Balaban J connectivity index is 1.44. The number of hydrogen-bond acceptors (Lipinski definition) is 6. The maximum atomic E-state index is 13.8. The van der Waals surface area contributed by atoms with Crippen LogP contribution in [0.25, 0.3) is 5.69 Å². The summed E-state index contributed by atoms with van der Waals surface area (Å²) in [6.45, 7) is 5.08. The van der Waals surface area contributed by atoms with Crippen molar-refractivity contribution in [1.29, 1.82) is 0 Å². The second-order valence-corrected chi connectivity index (χ2v) is 13.8. The van der Waals surface area contributed by atoms with Crippen LogP contribution in [0.1, 0.15) is 58.8 Å². The third-order valence-electron chi connectivity index (χ3n) is 8.28. The van der Waals surface area contributed by atoms with Crippen LogP contribution in [0.2, 0.25) is 5.02 Å². The molecule has 202 valence electrons. The quantitative estimate of drug-likeness (QED) is 0.529. The third kappa shape index (κ3) is 5.54. The number of anilines is 1. The summed E-state index contributed by atoms with van der Waals surface area (Å²) >= 11 is 6.20. The Morgan fingerprint density at radius 3 is 2.46 bits per heavy atom. The second kappa shape index (κ2) is 10.9. The van der Waals surface area contributed by atoms with Gasteiger partial charge in [-0.1, -0.05) is 43.4 Å². The Labute approximate surface area is 224 Å². The maximum absolute atomic E-state index is 13.8. The molecule has 1 aromatic heterocycles. The first-order valence-corrected chi connectivity index (χ1v) is 15.4. The van der Waals surface area contributed by atoms with Gasteiger partial charge < -0.3 is 9.64 Å². The predicted molar refractivity (Wildman–Crippen MR) is 146 cm³/mol. The van der Waals surface area contributed by atoms with Crippen molar-refractivity contribution in [2.75, 3.05) is 31.1 Å². The van der Waals surface area contributed by atoms with Gasteiger partial charge in [0.15, 0.2) is 0 Å². The highest BCUT2D eigenvalue weighted by Crippen LogP contribution is 2.42. The van der Waals surface area contributed by atoms with Crippen LogP contribution in [0.5, 0.6) is 5.75 Å². The average Bonchev–Trinajstić information content (AvgIpc) is 2.89.